The first-order valence-electron chi connectivity index (χ1n) is 5.66. The van der Waals surface area contributed by atoms with Crippen molar-refractivity contribution in [2.45, 2.75) is 32.1 Å². The van der Waals surface area contributed by atoms with Gasteiger partial charge in [-0.1, -0.05) is 26.0 Å². The van der Waals surface area contributed by atoms with Gasteiger partial charge in [-0.3, -0.25) is 4.79 Å². The lowest BCUT2D eigenvalue weighted by Gasteiger charge is -2.07. The van der Waals surface area contributed by atoms with Gasteiger partial charge in [0.25, 0.3) is 0 Å². The van der Waals surface area contributed by atoms with Crippen molar-refractivity contribution in [2.24, 2.45) is 5.92 Å². The van der Waals surface area contributed by atoms with E-state index in [-0.39, 0.29) is 11.5 Å². The zero-order chi connectivity index (χ0) is 13.1. The molecule has 0 saturated carbocycles. The summed E-state index contributed by atoms with van der Waals surface area (Å²) in [7, 11) is -3.21. The first-order valence-corrected chi connectivity index (χ1v) is 7.32. The molecule has 0 aromatic heterocycles. The van der Waals surface area contributed by atoms with E-state index in [2.05, 4.69) is 0 Å². The highest BCUT2D eigenvalue weighted by molar-refractivity contribution is 7.91. The van der Waals surface area contributed by atoms with E-state index < -0.39 is 9.84 Å². The first-order chi connectivity index (χ1) is 7.83. The minimum atomic E-state index is -3.21. The third kappa shape index (κ3) is 3.97. The summed E-state index contributed by atoms with van der Waals surface area (Å²) in [5, 5.41) is 0. The second-order valence-corrected chi connectivity index (χ2v) is 6.69. The average Bonchev–Trinajstić information content (AvgIpc) is 2.27. The molecular weight excluding hydrogens is 236 g/mol. The van der Waals surface area contributed by atoms with Crippen LogP contribution in [0.5, 0.6) is 0 Å². The van der Waals surface area contributed by atoms with Crippen LogP contribution in [-0.2, 0) is 9.84 Å². The monoisotopic (exact) mass is 254 g/mol. The Morgan fingerprint density at radius 3 is 2.12 bits per heavy atom. The summed E-state index contributed by atoms with van der Waals surface area (Å²) in [4.78, 5) is 11.4. The Labute approximate surface area is 103 Å². The maximum atomic E-state index is 11.9. The van der Waals surface area contributed by atoms with Gasteiger partial charge in [-0.25, -0.2) is 8.42 Å². The van der Waals surface area contributed by atoms with Gasteiger partial charge < -0.3 is 0 Å². The molecule has 0 aliphatic carbocycles. The normalized spacial score (nSPS) is 11.8. The zero-order valence-electron chi connectivity index (χ0n) is 10.4. The summed E-state index contributed by atoms with van der Waals surface area (Å²) in [6.45, 7) is 5.45. The third-order valence-electron chi connectivity index (χ3n) is 2.58. The standard InChI is InChI=1S/C13H18O3S/c1-10(2)8-9-17(15,16)13-6-4-12(5-7-13)11(3)14/h4-7,10H,8-9H2,1-3H3. The van der Waals surface area contributed by atoms with Gasteiger partial charge in [0.05, 0.1) is 10.6 Å². The van der Waals surface area contributed by atoms with Gasteiger partial charge >= 0.3 is 0 Å². The lowest BCUT2D eigenvalue weighted by molar-refractivity contribution is 0.101. The number of benzene rings is 1. The largest absolute Gasteiger partial charge is 0.295 e. The van der Waals surface area contributed by atoms with E-state index in [0.29, 0.717) is 22.8 Å². The van der Waals surface area contributed by atoms with Crippen molar-refractivity contribution < 1.29 is 13.2 Å². The number of sulfone groups is 1. The van der Waals surface area contributed by atoms with Crippen molar-refractivity contribution in [3.05, 3.63) is 29.8 Å². The van der Waals surface area contributed by atoms with Crippen LogP contribution in [-0.4, -0.2) is 20.0 Å². The Morgan fingerprint density at radius 2 is 1.71 bits per heavy atom. The molecule has 0 bridgehead atoms. The highest BCUT2D eigenvalue weighted by Gasteiger charge is 2.15. The van der Waals surface area contributed by atoms with Gasteiger partial charge in [-0.15, -0.1) is 0 Å². The molecule has 0 spiro atoms. The molecule has 3 nitrogen and oxygen atoms in total. The van der Waals surface area contributed by atoms with Crippen LogP contribution in [0.15, 0.2) is 29.2 Å². The SMILES string of the molecule is CC(=O)c1ccc(S(=O)(=O)CCC(C)C)cc1. The average molecular weight is 254 g/mol. The molecule has 0 aliphatic rings. The van der Waals surface area contributed by atoms with Crippen LogP contribution in [0.2, 0.25) is 0 Å². The van der Waals surface area contributed by atoms with Crippen LogP contribution in [0, 0.1) is 5.92 Å². The van der Waals surface area contributed by atoms with Crippen molar-refractivity contribution in [2.75, 3.05) is 5.75 Å². The van der Waals surface area contributed by atoms with E-state index in [4.69, 9.17) is 0 Å². The fourth-order valence-electron chi connectivity index (χ4n) is 1.41. The molecule has 0 atom stereocenters. The first kappa shape index (κ1) is 13.9. The smallest absolute Gasteiger partial charge is 0.178 e. The van der Waals surface area contributed by atoms with E-state index in [1.54, 1.807) is 12.1 Å². The topological polar surface area (TPSA) is 51.2 Å². The van der Waals surface area contributed by atoms with Crippen LogP contribution < -0.4 is 0 Å². The predicted octanol–water partition coefficient (Wildman–Crippen LogP) is 2.71. The van der Waals surface area contributed by atoms with Crippen molar-refractivity contribution in [3.8, 4) is 0 Å². The summed E-state index contributed by atoms with van der Waals surface area (Å²) >= 11 is 0. The molecule has 0 fully saturated rings. The van der Waals surface area contributed by atoms with Gasteiger partial charge in [-0.05, 0) is 31.4 Å². The van der Waals surface area contributed by atoms with Crippen LogP contribution >= 0.6 is 0 Å². The lowest BCUT2D eigenvalue weighted by Crippen LogP contribution is -2.09. The van der Waals surface area contributed by atoms with Crippen molar-refractivity contribution >= 4 is 15.6 Å². The Balaban J connectivity index is 2.89. The van der Waals surface area contributed by atoms with Crippen LogP contribution in [0.4, 0.5) is 0 Å². The molecular formula is C13H18O3S. The van der Waals surface area contributed by atoms with E-state index in [1.165, 1.54) is 19.1 Å². The number of rotatable bonds is 5. The molecule has 0 amide bonds. The minimum Gasteiger partial charge on any atom is -0.295 e. The molecule has 0 heterocycles. The maximum Gasteiger partial charge on any atom is 0.178 e. The summed E-state index contributed by atoms with van der Waals surface area (Å²) in [5.41, 5.74) is 0.535. The van der Waals surface area contributed by atoms with Crippen LogP contribution in [0.3, 0.4) is 0 Å². The van der Waals surface area contributed by atoms with Gasteiger partial charge in [0.15, 0.2) is 15.6 Å². The fourth-order valence-corrected chi connectivity index (χ4v) is 2.97. The van der Waals surface area contributed by atoms with E-state index in [0.717, 1.165) is 0 Å². The molecule has 0 radical (unpaired) electrons. The summed E-state index contributed by atoms with van der Waals surface area (Å²) in [5.74, 6) is 0.460. The Bertz CT molecular complexity index is 484. The van der Waals surface area contributed by atoms with Gasteiger partial charge in [0, 0.05) is 5.56 Å². The Kier molecular flexibility index (Phi) is 4.46. The molecule has 1 aromatic rings. The molecule has 94 valence electrons. The highest BCUT2D eigenvalue weighted by atomic mass is 32.2. The molecule has 0 unspecified atom stereocenters. The van der Waals surface area contributed by atoms with Crippen molar-refractivity contribution in [3.63, 3.8) is 0 Å². The minimum absolute atomic E-state index is 0.0591. The number of Topliss-reactive ketones (excluding diaryl/α,β-unsaturated/α-hetero) is 1. The second kappa shape index (κ2) is 5.45. The fraction of sp³-hybridized carbons (Fsp3) is 0.462. The van der Waals surface area contributed by atoms with Gasteiger partial charge in [-0.2, -0.15) is 0 Å². The van der Waals surface area contributed by atoms with E-state index in [9.17, 15) is 13.2 Å². The number of ketones is 1. The molecule has 4 heteroatoms. The third-order valence-corrected chi connectivity index (χ3v) is 4.35. The molecule has 17 heavy (non-hydrogen) atoms. The maximum absolute atomic E-state index is 11.9. The quantitative estimate of drug-likeness (QED) is 0.759. The van der Waals surface area contributed by atoms with Gasteiger partial charge in [0.1, 0.15) is 0 Å². The molecule has 1 aromatic carbocycles. The number of carbonyl (C=O) groups excluding carboxylic acids is 1. The number of carbonyl (C=O) groups is 1. The predicted molar refractivity (Wildman–Crippen MR) is 68.0 cm³/mol. The summed E-state index contributed by atoms with van der Waals surface area (Å²) in [6.07, 6.45) is 0.650. The number of hydrogen-bond acceptors (Lipinski definition) is 3. The second-order valence-electron chi connectivity index (χ2n) is 4.58. The lowest BCUT2D eigenvalue weighted by atomic mass is 10.2. The van der Waals surface area contributed by atoms with Crippen molar-refractivity contribution in [1.82, 2.24) is 0 Å². The Morgan fingerprint density at radius 1 is 1.18 bits per heavy atom. The molecule has 0 aliphatic heterocycles. The van der Waals surface area contributed by atoms with E-state index in [1.807, 2.05) is 13.8 Å². The van der Waals surface area contributed by atoms with Crippen LogP contribution in [0.25, 0.3) is 0 Å². The summed E-state index contributed by atoms with van der Waals surface area (Å²) in [6, 6.07) is 6.13. The van der Waals surface area contributed by atoms with Crippen LogP contribution in [0.1, 0.15) is 37.6 Å². The van der Waals surface area contributed by atoms with E-state index >= 15 is 0 Å². The van der Waals surface area contributed by atoms with Gasteiger partial charge in [0.2, 0.25) is 0 Å². The zero-order valence-corrected chi connectivity index (χ0v) is 11.3. The summed E-state index contributed by atoms with van der Waals surface area (Å²) < 4.78 is 23.9. The molecule has 1 rings (SSSR count). The molecule has 0 N–H and O–H groups in total. The Hall–Kier alpha value is -1.16. The highest BCUT2D eigenvalue weighted by Crippen LogP contribution is 2.15. The molecule has 0 saturated heterocycles. The van der Waals surface area contributed by atoms with Crippen molar-refractivity contribution in [1.29, 1.82) is 0 Å². The number of hydrogen-bond donors (Lipinski definition) is 0.